The molecule has 0 heterocycles. The van der Waals surface area contributed by atoms with Gasteiger partial charge in [0.1, 0.15) is 11.9 Å². The molecule has 4 aliphatic rings. The van der Waals surface area contributed by atoms with Crippen molar-refractivity contribution in [2.24, 2.45) is 23.2 Å². The Morgan fingerprint density at radius 2 is 1.77 bits per heavy atom. The van der Waals surface area contributed by atoms with Crippen LogP contribution in [0.4, 0.5) is 5.69 Å². The van der Waals surface area contributed by atoms with E-state index >= 15 is 0 Å². The minimum atomic E-state index is -0.504. The Hall–Kier alpha value is -2.69. The van der Waals surface area contributed by atoms with Gasteiger partial charge >= 0.3 is 5.97 Å². The van der Waals surface area contributed by atoms with E-state index in [2.05, 4.69) is 36.1 Å². The molecule has 4 aliphatic carbocycles. The van der Waals surface area contributed by atoms with Crippen molar-refractivity contribution in [2.45, 2.75) is 71.3 Å². The van der Waals surface area contributed by atoms with Gasteiger partial charge in [-0.05, 0) is 91.2 Å². The molecule has 186 valence electrons. The van der Waals surface area contributed by atoms with Crippen molar-refractivity contribution in [3.8, 4) is 0 Å². The van der Waals surface area contributed by atoms with Gasteiger partial charge in [0.05, 0.1) is 6.42 Å². The summed E-state index contributed by atoms with van der Waals surface area (Å²) in [6, 6.07) is 8.76. The number of nitrogens with zero attached hydrogens (tertiary/aromatic N) is 1. The maximum Gasteiger partial charge on any atom is 0.303 e. The van der Waals surface area contributed by atoms with Gasteiger partial charge in [-0.1, -0.05) is 24.6 Å². The van der Waals surface area contributed by atoms with E-state index in [-0.39, 0.29) is 35.4 Å². The van der Waals surface area contributed by atoms with Crippen LogP contribution >= 0.6 is 0 Å². The minimum absolute atomic E-state index is 0.0408. The number of Topliss-reactive ketones (excluding diaryl/α,β-unsaturated/α-hetero) is 1. The smallest absolute Gasteiger partial charge is 0.303 e. The van der Waals surface area contributed by atoms with Crippen LogP contribution < -0.4 is 4.90 Å². The van der Waals surface area contributed by atoms with E-state index in [9.17, 15) is 14.4 Å². The predicted octanol–water partition coefficient (Wildman–Crippen LogP) is 5.40. The Morgan fingerprint density at radius 3 is 2.40 bits per heavy atom. The molecule has 5 nitrogen and oxygen atoms in total. The summed E-state index contributed by atoms with van der Waals surface area (Å²) in [6.45, 7) is 5.54. The van der Waals surface area contributed by atoms with Crippen LogP contribution in [0.1, 0.15) is 70.8 Å². The third-order valence-corrected chi connectivity index (χ3v) is 9.35. The highest BCUT2D eigenvalue weighted by Crippen LogP contribution is 2.65. The largest absolute Gasteiger partial charge is 0.457 e. The molecular formula is C30H37NO4. The lowest BCUT2D eigenvalue weighted by molar-refractivity contribution is -0.145. The lowest BCUT2D eigenvalue weighted by atomic mass is 9.51. The molecule has 0 N–H and O–H groups in total. The fraction of sp³-hybridized carbons (Fsp3) is 0.567. The zero-order valence-corrected chi connectivity index (χ0v) is 21.6. The summed E-state index contributed by atoms with van der Waals surface area (Å²) < 4.78 is 5.79. The number of allylic oxidation sites excluding steroid dienone is 2. The lowest BCUT2D eigenvalue weighted by Crippen LogP contribution is -2.46. The summed E-state index contributed by atoms with van der Waals surface area (Å²) in [5.41, 5.74) is 5.87. The summed E-state index contributed by atoms with van der Waals surface area (Å²) >= 11 is 0. The molecule has 35 heavy (non-hydrogen) atoms. The lowest BCUT2D eigenvalue weighted by Gasteiger charge is -2.53. The fourth-order valence-corrected chi connectivity index (χ4v) is 7.97. The van der Waals surface area contributed by atoms with Gasteiger partial charge in [0, 0.05) is 38.5 Å². The van der Waals surface area contributed by atoms with Crippen molar-refractivity contribution in [1.29, 1.82) is 0 Å². The van der Waals surface area contributed by atoms with E-state index < -0.39 is 6.10 Å². The van der Waals surface area contributed by atoms with Gasteiger partial charge < -0.3 is 9.64 Å². The van der Waals surface area contributed by atoms with Crippen molar-refractivity contribution < 1.29 is 19.1 Å². The highest BCUT2D eigenvalue weighted by Gasteiger charge is 2.58. The molecule has 0 bridgehead atoms. The number of fused-ring (bicyclic) bond motifs is 4. The molecule has 0 aliphatic heterocycles. The Kier molecular flexibility index (Phi) is 6.01. The Morgan fingerprint density at radius 1 is 1.06 bits per heavy atom. The SMILES string of the molecule is CC(=O)OC1CC(=O)C=C2CC[C@@H]3C(=C21)C(c1ccc(N(C)C)cc1)C[C@]1(C)[C@@H](C(C)=O)CC[C@@H]31. The number of hydrogen-bond acceptors (Lipinski definition) is 5. The fourth-order valence-electron chi connectivity index (χ4n) is 7.97. The molecule has 5 heteroatoms. The molecule has 0 aromatic heterocycles. The first-order valence-electron chi connectivity index (χ1n) is 13.0. The molecule has 2 fully saturated rings. The van der Waals surface area contributed by atoms with Gasteiger partial charge in [-0.25, -0.2) is 0 Å². The van der Waals surface area contributed by atoms with Crippen LogP contribution in [0.3, 0.4) is 0 Å². The van der Waals surface area contributed by atoms with Crippen LogP contribution in [-0.4, -0.2) is 37.7 Å². The number of anilines is 1. The molecule has 0 saturated heterocycles. The van der Waals surface area contributed by atoms with E-state index in [4.69, 9.17) is 4.74 Å². The number of ketones is 2. The quantitative estimate of drug-likeness (QED) is 0.546. The van der Waals surface area contributed by atoms with Crippen molar-refractivity contribution in [1.82, 2.24) is 0 Å². The Balaban J connectivity index is 1.70. The van der Waals surface area contributed by atoms with Crippen molar-refractivity contribution in [3.63, 3.8) is 0 Å². The zero-order chi connectivity index (χ0) is 25.1. The van der Waals surface area contributed by atoms with E-state index in [1.165, 1.54) is 18.1 Å². The predicted molar refractivity (Wildman–Crippen MR) is 136 cm³/mol. The molecule has 5 rings (SSSR count). The summed E-state index contributed by atoms with van der Waals surface area (Å²) in [5.74, 6) is 1.02. The standard InChI is InChI=1S/C30H37NO4/c1-17(32)25-12-13-26-23-11-8-20-14-22(34)15-27(35-18(2)33)28(20)29(23)24(16-30(25,26)3)19-6-9-21(10-7-19)31(4)5/h6-7,9-10,14,23-27H,8,11-13,15-16H2,1-5H3/t23-,24?,25+,26-,27?,30+/m0/s1. The van der Waals surface area contributed by atoms with Crippen LogP contribution in [0, 0.1) is 23.2 Å². The minimum Gasteiger partial charge on any atom is -0.457 e. The molecule has 1 aromatic carbocycles. The maximum absolute atomic E-state index is 12.7. The van der Waals surface area contributed by atoms with Gasteiger partial charge in [0.15, 0.2) is 5.78 Å². The molecular weight excluding hydrogens is 438 g/mol. The highest BCUT2D eigenvalue weighted by atomic mass is 16.5. The summed E-state index contributed by atoms with van der Waals surface area (Å²) in [5, 5.41) is 0. The van der Waals surface area contributed by atoms with Gasteiger partial charge in [0.2, 0.25) is 0 Å². The van der Waals surface area contributed by atoms with E-state index in [0.717, 1.165) is 48.9 Å². The van der Waals surface area contributed by atoms with E-state index in [1.54, 1.807) is 13.0 Å². The van der Waals surface area contributed by atoms with Crippen LogP contribution in [0.5, 0.6) is 0 Å². The van der Waals surface area contributed by atoms with Crippen LogP contribution in [-0.2, 0) is 19.1 Å². The van der Waals surface area contributed by atoms with Crippen molar-refractivity contribution >= 4 is 23.2 Å². The number of carbonyl (C=O) groups excluding carboxylic acids is 3. The normalized spacial score (nSPS) is 33.9. The number of rotatable bonds is 4. The second kappa shape index (κ2) is 8.76. The number of hydrogen-bond donors (Lipinski definition) is 0. The third kappa shape index (κ3) is 3.97. The molecule has 0 amide bonds. The average Bonchev–Trinajstić information content (AvgIpc) is 3.15. The van der Waals surface area contributed by atoms with Crippen LogP contribution in [0.25, 0.3) is 0 Å². The average molecular weight is 476 g/mol. The molecule has 0 radical (unpaired) electrons. The molecule has 2 unspecified atom stereocenters. The molecule has 1 aromatic rings. The number of ether oxygens (including phenoxy) is 1. The molecule has 0 spiro atoms. The Labute approximate surface area is 208 Å². The second-order valence-corrected chi connectivity index (χ2v) is 11.5. The Bertz CT molecular complexity index is 1130. The maximum atomic E-state index is 12.7. The first kappa shape index (κ1) is 24.0. The number of benzene rings is 1. The zero-order valence-electron chi connectivity index (χ0n) is 21.6. The van der Waals surface area contributed by atoms with Gasteiger partial charge in [0.25, 0.3) is 0 Å². The highest BCUT2D eigenvalue weighted by molar-refractivity contribution is 5.94. The third-order valence-electron chi connectivity index (χ3n) is 9.35. The number of esters is 1. The molecule has 2 saturated carbocycles. The monoisotopic (exact) mass is 475 g/mol. The summed E-state index contributed by atoms with van der Waals surface area (Å²) in [7, 11) is 4.08. The van der Waals surface area contributed by atoms with Crippen molar-refractivity contribution in [3.05, 3.63) is 52.6 Å². The van der Waals surface area contributed by atoms with E-state index in [0.29, 0.717) is 17.6 Å². The first-order valence-corrected chi connectivity index (χ1v) is 13.0. The van der Waals surface area contributed by atoms with Gasteiger partial charge in [-0.2, -0.15) is 0 Å². The second-order valence-electron chi connectivity index (χ2n) is 11.5. The summed E-state index contributed by atoms with van der Waals surface area (Å²) in [6.07, 6.45) is 6.26. The number of carbonyl (C=O) groups is 3. The first-order chi connectivity index (χ1) is 16.6. The topological polar surface area (TPSA) is 63.7 Å². The van der Waals surface area contributed by atoms with Gasteiger partial charge in [-0.3, -0.25) is 14.4 Å². The van der Waals surface area contributed by atoms with Gasteiger partial charge in [-0.15, -0.1) is 0 Å². The van der Waals surface area contributed by atoms with Crippen molar-refractivity contribution in [2.75, 3.05) is 19.0 Å². The van der Waals surface area contributed by atoms with Crippen LogP contribution in [0.2, 0.25) is 0 Å². The summed E-state index contributed by atoms with van der Waals surface area (Å²) in [4.78, 5) is 39.4. The molecule has 6 atom stereocenters. The van der Waals surface area contributed by atoms with E-state index in [1.807, 2.05) is 14.1 Å². The van der Waals surface area contributed by atoms with Crippen LogP contribution in [0.15, 0.2) is 47.1 Å².